The molecule has 0 fully saturated rings. The number of benzene rings is 9. The molecule has 0 saturated carbocycles. The Morgan fingerprint density at radius 3 is 1.47 bits per heavy atom. The number of hydrogen-bond acceptors (Lipinski definition) is 1. The first-order valence-corrected chi connectivity index (χ1v) is 16.2. The van der Waals surface area contributed by atoms with Gasteiger partial charge in [0.15, 0.2) is 0 Å². The van der Waals surface area contributed by atoms with Gasteiger partial charge in [0.25, 0.3) is 0 Å². The van der Waals surface area contributed by atoms with Gasteiger partial charge in [-0.25, -0.2) is 0 Å². The second-order valence-electron chi connectivity index (χ2n) is 12.2. The highest BCUT2D eigenvalue weighted by atomic mass is 15.1. The van der Waals surface area contributed by atoms with Crippen molar-refractivity contribution in [1.82, 2.24) is 0 Å². The highest BCUT2D eigenvalue weighted by Gasteiger charge is 2.20. The van der Waals surface area contributed by atoms with Gasteiger partial charge in [0.2, 0.25) is 0 Å². The molecule has 0 bridgehead atoms. The average Bonchev–Trinajstić information content (AvgIpc) is 3.16. The van der Waals surface area contributed by atoms with Crippen LogP contribution in [0.5, 0.6) is 0 Å². The maximum Gasteiger partial charge on any atom is 0.0540 e. The Hall–Kier alpha value is -6.18. The van der Waals surface area contributed by atoms with Gasteiger partial charge >= 0.3 is 0 Å². The van der Waals surface area contributed by atoms with Gasteiger partial charge in [-0.1, -0.05) is 152 Å². The van der Waals surface area contributed by atoms with Crippen molar-refractivity contribution >= 4 is 60.2 Å². The smallest absolute Gasteiger partial charge is 0.0540 e. The summed E-state index contributed by atoms with van der Waals surface area (Å²) in [5.41, 5.74) is 8.15. The van der Waals surface area contributed by atoms with Crippen molar-refractivity contribution in [3.63, 3.8) is 0 Å². The minimum atomic E-state index is 1.12. The Kier molecular flexibility index (Phi) is 6.54. The van der Waals surface area contributed by atoms with Crippen LogP contribution in [-0.4, -0.2) is 0 Å². The standard InChI is InChI=1S/C46H31N/c1-3-13-32(14-4-1)36-24-28-46(44(30-36)34-16-5-2-6-17-34)47(37-25-23-33-15-7-8-18-35(33)29-37)38-26-27-43-41-21-10-9-19-39(41)40-20-11-12-22-42(40)45(43)31-38/h1-31H. The van der Waals surface area contributed by atoms with Gasteiger partial charge in [-0.3, -0.25) is 0 Å². The van der Waals surface area contributed by atoms with E-state index in [4.69, 9.17) is 0 Å². The second-order valence-corrected chi connectivity index (χ2v) is 12.2. The Morgan fingerprint density at radius 1 is 0.277 bits per heavy atom. The van der Waals surface area contributed by atoms with Crippen LogP contribution in [0.2, 0.25) is 0 Å². The number of rotatable bonds is 5. The first-order chi connectivity index (χ1) is 23.3. The summed E-state index contributed by atoms with van der Waals surface area (Å²) in [6.07, 6.45) is 0. The van der Waals surface area contributed by atoms with E-state index in [9.17, 15) is 0 Å². The van der Waals surface area contributed by atoms with Gasteiger partial charge < -0.3 is 4.90 Å². The van der Waals surface area contributed by atoms with Crippen molar-refractivity contribution in [3.05, 3.63) is 188 Å². The Morgan fingerprint density at radius 2 is 0.787 bits per heavy atom. The second kappa shape index (κ2) is 11.3. The van der Waals surface area contributed by atoms with E-state index in [1.165, 1.54) is 65.3 Å². The third-order valence-corrected chi connectivity index (χ3v) is 9.41. The molecular weight excluding hydrogens is 567 g/mol. The minimum absolute atomic E-state index is 1.12. The van der Waals surface area contributed by atoms with Crippen LogP contribution in [0.25, 0.3) is 65.3 Å². The van der Waals surface area contributed by atoms with E-state index in [-0.39, 0.29) is 0 Å². The van der Waals surface area contributed by atoms with Crippen LogP contribution in [0.15, 0.2) is 188 Å². The summed E-state index contributed by atoms with van der Waals surface area (Å²) in [6, 6.07) is 68.3. The number of hydrogen-bond donors (Lipinski definition) is 0. The van der Waals surface area contributed by atoms with Gasteiger partial charge in [-0.05, 0) is 96.2 Å². The molecule has 9 aromatic carbocycles. The van der Waals surface area contributed by atoms with E-state index in [2.05, 4.69) is 193 Å². The molecule has 0 aliphatic rings. The lowest BCUT2D eigenvalue weighted by Gasteiger charge is -2.29. The molecule has 0 aliphatic carbocycles. The Balaban J connectivity index is 1.35. The number of anilines is 3. The van der Waals surface area contributed by atoms with E-state index in [1.54, 1.807) is 0 Å². The van der Waals surface area contributed by atoms with Crippen molar-refractivity contribution in [2.24, 2.45) is 0 Å². The van der Waals surface area contributed by atoms with E-state index >= 15 is 0 Å². The number of nitrogens with zero attached hydrogens (tertiary/aromatic N) is 1. The lowest BCUT2D eigenvalue weighted by Crippen LogP contribution is -2.11. The summed E-state index contributed by atoms with van der Waals surface area (Å²) in [7, 11) is 0. The molecule has 0 atom stereocenters. The highest BCUT2D eigenvalue weighted by Crippen LogP contribution is 2.45. The van der Waals surface area contributed by atoms with Crippen molar-refractivity contribution in [3.8, 4) is 22.3 Å². The minimum Gasteiger partial charge on any atom is -0.310 e. The van der Waals surface area contributed by atoms with Crippen LogP contribution in [0.4, 0.5) is 17.1 Å². The SMILES string of the molecule is c1ccc(-c2ccc(N(c3ccc4ccccc4c3)c3ccc4c5ccccc5c5ccccc5c4c3)c(-c3ccccc3)c2)cc1. The molecule has 0 heterocycles. The Bertz CT molecular complexity index is 2530. The third kappa shape index (κ3) is 4.72. The molecule has 9 rings (SSSR count). The summed E-state index contributed by atoms with van der Waals surface area (Å²) in [6.45, 7) is 0. The zero-order valence-electron chi connectivity index (χ0n) is 25.8. The summed E-state index contributed by atoms with van der Waals surface area (Å²) >= 11 is 0. The first kappa shape index (κ1) is 27.2. The normalized spacial score (nSPS) is 11.4. The topological polar surface area (TPSA) is 3.24 Å². The molecule has 1 nitrogen and oxygen atoms in total. The van der Waals surface area contributed by atoms with Gasteiger partial charge in [-0.15, -0.1) is 0 Å². The molecule has 0 aliphatic heterocycles. The zero-order valence-corrected chi connectivity index (χ0v) is 25.8. The number of fused-ring (bicyclic) bond motifs is 7. The zero-order chi connectivity index (χ0) is 31.2. The largest absolute Gasteiger partial charge is 0.310 e. The molecule has 0 spiro atoms. The molecule has 1 heteroatoms. The predicted molar refractivity (Wildman–Crippen MR) is 202 cm³/mol. The fourth-order valence-corrected chi connectivity index (χ4v) is 7.17. The van der Waals surface area contributed by atoms with Gasteiger partial charge in [0.1, 0.15) is 0 Å². The lowest BCUT2D eigenvalue weighted by atomic mass is 9.93. The average molecular weight is 598 g/mol. The fourth-order valence-electron chi connectivity index (χ4n) is 7.17. The summed E-state index contributed by atoms with van der Waals surface area (Å²) in [4.78, 5) is 2.44. The van der Waals surface area contributed by atoms with E-state index in [0.29, 0.717) is 0 Å². The van der Waals surface area contributed by atoms with Crippen LogP contribution < -0.4 is 4.90 Å². The molecule has 0 saturated heterocycles. The molecular formula is C46H31N. The van der Waals surface area contributed by atoms with Crippen molar-refractivity contribution in [2.75, 3.05) is 4.90 Å². The lowest BCUT2D eigenvalue weighted by molar-refractivity contribution is 1.29. The molecule has 0 N–H and O–H groups in total. The third-order valence-electron chi connectivity index (χ3n) is 9.41. The van der Waals surface area contributed by atoms with Crippen LogP contribution in [0.3, 0.4) is 0 Å². The van der Waals surface area contributed by atoms with Crippen molar-refractivity contribution < 1.29 is 0 Å². The molecule has 0 aromatic heterocycles. The van der Waals surface area contributed by atoms with E-state index in [0.717, 1.165) is 17.1 Å². The quantitative estimate of drug-likeness (QED) is 0.178. The molecule has 0 amide bonds. The maximum absolute atomic E-state index is 2.44. The first-order valence-electron chi connectivity index (χ1n) is 16.2. The van der Waals surface area contributed by atoms with Crippen molar-refractivity contribution in [2.45, 2.75) is 0 Å². The summed E-state index contributed by atoms with van der Waals surface area (Å²) in [5.74, 6) is 0. The summed E-state index contributed by atoms with van der Waals surface area (Å²) in [5, 5.41) is 10.1. The highest BCUT2D eigenvalue weighted by molar-refractivity contribution is 6.25. The van der Waals surface area contributed by atoms with Crippen LogP contribution in [0, 0.1) is 0 Å². The molecule has 9 aromatic rings. The van der Waals surface area contributed by atoms with E-state index < -0.39 is 0 Å². The van der Waals surface area contributed by atoms with Gasteiger partial charge in [0, 0.05) is 16.9 Å². The van der Waals surface area contributed by atoms with Crippen molar-refractivity contribution in [1.29, 1.82) is 0 Å². The molecule has 0 radical (unpaired) electrons. The molecule has 47 heavy (non-hydrogen) atoms. The fraction of sp³-hybridized carbons (Fsp3) is 0. The molecule has 0 unspecified atom stereocenters. The molecule has 220 valence electrons. The van der Waals surface area contributed by atoms with Crippen LogP contribution in [-0.2, 0) is 0 Å². The van der Waals surface area contributed by atoms with Crippen LogP contribution in [0.1, 0.15) is 0 Å². The van der Waals surface area contributed by atoms with E-state index in [1.807, 2.05) is 0 Å². The monoisotopic (exact) mass is 597 g/mol. The Labute approximate surface area is 274 Å². The van der Waals surface area contributed by atoms with Gasteiger partial charge in [0.05, 0.1) is 5.69 Å². The van der Waals surface area contributed by atoms with Crippen LogP contribution >= 0.6 is 0 Å². The summed E-state index contributed by atoms with van der Waals surface area (Å²) < 4.78 is 0. The predicted octanol–water partition coefficient (Wildman–Crippen LogP) is 13.1. The van der Waals surface area contributed by atoms with Gasteiger partial charge in [-0.2, -0.15) is 0 Å². The maximum atomic E-state index is 2.44.